The molecule has 0 aliphatic carbocycles. The highest BCUT2D eigenvalue weighted by Gasteiger charge is 2.42. The van der Waals surface area contributed by atoms with Gasteiger partial charge >= 0.3 is 0 Å². The Morgan fingerprint density at radius 3 is 2.93 bits per heavy atom. The lowest BCUT2D eigenvalue weighted by atomic mass is 10.0. The van der Waals surface area contributed by atoms with Crippen molar-refractivity contribution in [3.05, 3.63) is 11.8 Å². The molecule has 2 aliphatic heterocycles. The molecule has 0 aromatic heterocycles. The summed E-state index contributed by atoms with van der Waals surface area (Å²) in [6.07, 6.45) is 1.01. The van der Waals surface area contributed by atoms with E-state index in [2.05, 4.69) is 13.8 Å². The molecule has 2 unspecified atom stereocenters. The number of carbonyl (C=O) groups excluding carboxylic acids is 1. The lowest BCUT2D eigenvalue weighted by molar-refractivity contribution is -0.176. The number of rotatable bonds is 1. The molecular formula is C10H15NO3. The van der Waals surface area contributed by atoms with Crippen molar-refractivity contribution in [3.63, 3.8) is 0 Å². The summed E-state index contributed by atoms with van der Waals surface area (Å²) >= 11 is 0. The van der Waals surface area contributed by atoms with Crippen LogP contribution in [0.3, 0.4) is 0 Å². The number of nitrogens with zero attached hydrogens (tertiary/aromatic N) is 1. The minimum Gasteiger partial charge on any atom is -0.451 e. The summed E-state index contributed by atoms with van der Waals surface area (Å²) < 4.78 is 10.8. The summed E-state index contributed by atoms with van der Waals surface area (Å²) in [6.45, 7) is 6.49. The molecule has 2 heterocycles. The normalized spacial score (nSPS) is 31.6. The minimum absolute atomic E-state index is 0.00468. The van der Waals surface area contributed by atoms with Crippen LogP contribution in [-0.4, -0.2) is 29.9 Å². The molecule has 0 bridgehead atoms. The number of carbonyl (C=O) groups is 1. The maximum Gasteiger partial charge on any atom is 0.286 e. The third-order valence-electron chi connectivity index (χ3n) is 2.63. The molecule has 14 heavy (non-hydrogen) atoms. The highest BCUT2D eigenvalue weighted by molar-refractivity contribution is 5.89. The van der Waals surface area contributed by atoms with Gasteiger partial charge in [0, 0.05) is 6.08 Å². The van der Waals surface area contributed by atoms with Gasteiger partial charge in [0.05, 0.1) is 12.6 Å². The Kier molecular flexibility index (Phi) is 2.23. The van der Waals surface area contributed by atoms with Crippen LogP contribution in [0, 0.1) is 5.92 Å². The van der Waals surface area contributed by atoms with Crippen LogP contribution in [0.2, 0.25) is 0 Å². The molecule has 0 N–H and O–H groups in total. The van der Waals surface area contributed by atoms with Gasteiger partial charge in [-0.2, -0.15) is 0 Å². The SMILES string of the molecule is CC1=CC(=O)N2C(OCC2C(C)C)O1. The monoisotopic (exact) mass is 197 g/mol. The van der Waals surface area contributed by atoms with Gasteiger partial charge in [0.15, 0.2) is 0 Å². The van der Waals surface area contributed by atoms with Crippen LogP contribution in [0.4, 0.5) is 0 Å². The Morgan fingerprint density at radius 1 is 1.57 bits per heavy atom. The molecule has 78 valence electrons. The number of fused-ring (bicyclic) bond motifs is 1. The lowest BCUT2D eigenvalue weighted by Crippen LogP contribution is -2.46. The first-order valence-corrected chi connectivity index (χ1v) is 4.88. The van der Waals surface area contributed by atoms with Crippen LogP contribution < -0.4 is 0 Å². The van der Waals surface area contributed by atoms with Gasteiger partial charge in [-0.05, 0) is 12.8 Å². The number of hydrogen-bond acceptors (Lipinski definition) is 3. The fourth-order valence-corrected chi connectivity index (χ4v) is 1.81. The van der Waals surface area contributed by atoms with Gasteiger partial charge in [-0.15, -0.1) is 0 Å². The second-order valence-electron chi connectivity index (χ2n) is 4.07. The molecule has 0 aromatic rings. The standard InChI is InChI=1S/C10H15NO3/c1-6(2)8-5-13-10-11(8)9(12)4-7(3)14-10/h4,6,8,10H,5H2,1-3H3. The summed E-state index contributed by atoms with van der Waals surface area (Å²) in [6, 6.07) is 0.136. The molecule has 0 spiro atoms. The van der Waals surface area contributed by atoms with Gasteiger partial charge in [-0.25, -0.2) is 0 Å². The third kappa shape index (κ3) is 1.39. The van der Waals surface area contributed by atoms with Crippen LogP contribution >= 0.6 is 0 Å². The van der Waals surface area contributed by atoms with E-state index in [0.29, 0.717) is 18.3 Å². The Labute approximate surface area is 83.5 Å². The minimum atomic E-state index is -0.500. The molecule has 2 rings (SSSR count). The molecule has 4 nitrogen and oxygen atoms in total. The summed E-state index contributed by atoms with van der Waals surface area (Å²) in [5.74, 6) is 1.01. The fourth-order valence-electron chi connectivity index (χ4n) is 1.81. The van der Waals surface area contributed by atoms with Crippen molar-refractivity contribution >= 4 is 5.91 Å². The van der Waals surface area contributed by atoms with E-state index in [1.54, 1.807) is 11.8 Å². The number of ether oxygens (including phenoxy) is 2. The van der Waals surface area contributed by atoms with Crippen molar-refractivity contribution < 1.29 is 14.3 Å². The van der Waals surface area contributed by atoms with E-state index in [9.17, 15) is 4.79 Å². The number of allylic oxidation sites excluding steroid dienone is 1. The Bertz CT molecular complexity index is 285. The van der Waals surface area contributed by atoms with Gasteiger partial charge in [-0.1, -0.05) is 13.8 Å². The van der Waals surface area contributed by atoms with Crippen molar-refractivity contribution in [3.8, 4) is 0 Å². The van der Waals surface area contributed by atoms with Crippen molar-refractivity contribution in [2.45, 2.75) is 33.2 Å². The molecule has 1 amide bonds. The largest absolute Gasteiger partial charge is 0.451 e. The zero-order valence-electron chi connectivity index (χ0n) is 8.69. The average molecular weight is 197 g/mol. The molecular weight excluding hydrogens is 182 g/mol. The van der Waals surface area contributed by atoms with Crippen LogP contribution in [0.15, 0.2) is 11.8 Å². The van der Waals surface area contributed by atoms with E-state index in [4.69, 9.17) is 9.47 Å². The molecule has 2 atom stereocenters. The topological polar surface area (TPSA) is 38.8 Å². The van der Waals surface area contributed by atoms with E-state index < -0.39 is 6.41 Å². The molecule has 0 aromatic carbocycles. The summed E-state index contributed by atoms with van der Waals surface area (Å²) in [5.41, 5.74) is 0. The van der Waals surface area contributed by atoms with Gasteiger partial charge in [-0.3, -0.25) is 9.69 Å². The van der Waals surface area contributed by atoms with Crippen LogP contribution in [0.1, 0.15) is 20.8 Å². The maximum absolute atomic E-state index is 11.7. The third-order valence-corrected chi connectivity index (χ3v) is 2.63. The first-order valence-electron chi connectivity index (χ1n) is 4.88. The van der Waals surface area contributed by atoms with E-state index in [-0.39, 0.29) is 11.9 Å². The highest BCUT2D eigenvalue weighted by Crippen LogP contribution is 2.28. The summed E-state index contributed by atoms with van der Waals surface area (Å²) in [7, 11) is 0. The van der Waals surface area contributed by atoms with Gasteiger partial charge in [0.2, 0.25) is 0 Å². The van der Waals surface area contributed by atoms with Gasteiger partial charge < -0.3 is 9.47 Å². The Morgan fingerprint density at radius 2 is 2.29 bits per heavy atom. The van der Waals surface area contributed by atoms with Crippen LogP contribution in [0.25, 0.3) is 0 Å². The van der Waals surface area contributed by atoms with E-state index in [1.807, 2.05) is 0 Å². The summed E-state index contributed by atoms with van der Waals surface area (Å²) in [4.78, 5) is 13.4. The Balaban J connectivity index is 2.22. The fraction of sp³-hybridized carbons (Fsp3) is 0.700. The van der Waals surface area contributed by atoms with E-state index >= 15 is 0 Å². The van der Waals surface area contributed by atoms with Gasteiger partial charge in [0.25, 0.3) is 12.3 Å². The number of hydrogen-bond donors (Lipinski definition) is 0. The molecule has 2 aliphatic rings. The predicted molar refractivity (Wildman–Crippen MR) is 50.1 cm³/mol. The van der Waals surface area contributed by atoms with Crippen molar-refractivity contribution in [2.75, 3.05) is 6.61 Å². The molecule has 0 radical (unpaired) electrons. The van der Waals surface area contributed by atoms with Crippen LogP contribution in [-0.2, 0) is 14.3 Å². The maximum atomic E-state index is 11.7. The zero-order chi connectivity index (χ0) is 10.3. The second-order valence-corrected chi connectivity index (χ2v) is 4.07. The zero-order valence-corrected chi connectivity index (χ0v) is 8.69. The number of amides is 1. The van der Waals surface area contributed by atoms with Crippen LogP contribution in [0.5, 0.6) is 0 Å². The quantitative estimate of drug-likeness (QED) is 0.631. The molecule has 1 fully saturated rings. The lowest BCUT2D eigenvalue weighted by Gasteiger charge is -2.32. The predicted octanol–water partition coefficient (Wildman–Crippen LogP) is 1.09. The highest BCUT2D eigenvalue weighted by atomic mass is 16.7. The van der Waals surface area contributed by atoms with Crippen molar-refractivity contribution in [1.29, 1.82) is 0 Å². The summed E-state index contributed by atoms with van der Waals surface area (Å²) in [5, 5.41) is 0. The molecule has 4 heteroatoms. The molecule has 0 saturated carbocycles. The van der Waals surface area contributed by atoms with Crippen molar-refractivity contribution in [2.24, 2.45) is 5.92 Å². The van der Waals surface area contributed by atoms with Crippen molar-refractivity contribution in [1.82, 2.24) is 4.90 Å². The Hall–Kier alpha value is -1.03. The first-order chi connectivity index (χ1) is 6.59. The average Bonchev–Trinajstić information content (AvgIpc) is 2.47. The smallest absolute Gasteiger partial charge is 0.286 e. The molecule has 1 saturated heterocycles. The van der Waals surface area contributed by atoms with E-state index in [0.717, 1.165) is 0 Å². The second kappa shape index (κ2) is 3.28. The van der Waals surface area contributed by atoms with E-state index in [1.165, 1.54) is 6.08 Å². The first kappa shape index (κ1) is 9.52. The van der Waals surface area contributed by atoms with Gasteiger partial charge in [0.1, 0.15) is 5.76 Å².